The van der Waals surface area contributed by atoms with Crippen LogP contribution >= 0.6 is 27.3 Å². The molecule has 0 aliphatic carbocycles. The summed E-state index contributed by atoms with van der Waals surface area (Å²) in [7, 11) is 0. The molecule has 0 radical (unpaired) electrons. The number of nitrogens with zero attached hydrogens (tertiary/aromatic N) is 1. The maximum atomic E-state index is 11.3. The largest absolute Gasteiger partial charge is 0.378 e. The first-order valence-corrected chi connectivity index (χ1v) is 8.20. The summed E-state index contributed by atoms with van der Waals surface area (Å²) in [6.07, 6.45) is 2.14. The molecule has 0 amide bonds. The van der Waals surface area contributed by atoms with Gasteiger partial charge in [-0.05, 0) is 18.2 Å². The summed E-state index contributed by atoms with van der Waals surface area (Å²) in [6, 6.07) is 15.6. The molecule has 0 spiro atoms. The molecular formula is C17H14BrNOS. The number of hydrogen-bond acceptors (Lipinski definition) is 3. The topological polar surface area (TPSA) is 33.1 Å². The Morgan fingerprint density at radius 2 is 1.90 bits per heavy atom. The number of benzene rings is 2. The Balaban J connectivity index is 2.21. The Labute approximate surface area is 135 Å². The van der Waals surface area contributed by atoms with Crippen molar-refractivity contribution in [1.82, 2.24) is 4.98 Å². The average Bonchev–Trinajstić information content (AvgIpc) is 2.92. The van der Waals surface area contributed by atoms with Gasteiger partial charge in [-0.25, -0.2) is 4.98 Å². The fraction of sp³-hybridized carbons (Fsp3) is 0.118. The van der Waals surface area contributed by atoms with Crippen LogP contribution in [0.2, 0.25) is 0 Å². The number of aromatic nitrogens is 1. The number of aliphatic hydroxyl groups is 1. The second-order valence-corrected chi connectivity index (χ2v) is 6.70. The lowest BCUT2D eigenvalue weighted by Crippen LogP contribution is -2.26. The fourth-order valence-corrected chi connectivity index (χ4v) is 4.06. The van der Waals surface area contributed by atoms with Crippen LogP contribution in [-0.4, -0.2) is 10.1 Å². The van der Waals surface area contributed by atoms with Crippen molar-refractivity contribution in [2.24, 2.45) is 0 Å². The van der Waals surface area contributed by atoms with Gasteiger partial charge in [-0.1, -0.05) is 52.3 Å². The van der Waals surface area contributed by atoms with E-state index >= 15 is 0 Å². The number of thiazole rings is 1. The van der Waals surface area contributed by atoms with Gasteiger partial charge in [0, 0.05) is 16.5 Å². The van der Waals surface area contributed by atoms with Gasteiger partial charge in [0.1, 0.15) is 10.6 Å². The van der Waals surface area contributed by atoms with E-state index in [1.54, 1.807) is 6.08 Å². The van der Waals surface area contributed by atoms with Crippen LogP contribution < -0.4 is 0 Å². The molecule has 1 unspecified atom stereocenters. The number of halogens is 1. The Morgan fingerprint density at radius 3 is 2.62 bits per heavy atom. The third kappa shape index (κ3) is 2.55. The number of para-hydroxylation sites is 1. The fourth-order valence-electron chi connectivity index (χ4n) is 2.37. The van der Waals surface area contributed by atoms with Crippen LogP contribution in [0.15, 0.2) is 65.7 Å². The first-order valence-electron chi connectivity index (χ1n) is 6.59. The third-order valence-electron chi connectivity index (χ3n) is 3.41. The number of rotatable bonds is 4. The highest BCUT2D eigenvalue weighted by Crippen LogP contribution is 2.40. The molecule has 0 saturated heterocycles. The molecule has 1 aromatic heterocycles. The number of fused-ring (bicyclic) bond motifs is 1. The number of hydrogen-bond donors (Lipinski definition) is 1. The van der Waals surface area contributed by atoms with Crippen molar-refractivity contribution >= 4 is 37.5 Å². The Bertz CT molecular complexity index is 765. The molecule has 3 rings (SSSR count). The molecule has 1 heterocycles. The molecule has 1 N–H and O–H groups in total. The monoisotopic (exact) mass is 359 g/mol. The summed E-state index contributed by atoms with van der Waals surface area (Å²) in [4.78, 5) is 4.62. The van der Waals surface area contributed by atoms with E-state index in [2.05, 4.69) is 27.5 Å². The summed E-state index contributed by atoms with van der Waals surface area (Å²) in [5.41, 5.74) is 0.557. The Morgan fingerprint density at radius 1 is 1.19 bits per heavy atom. The molecule has 4 heteroatoms. The Hall–Kier alpha value is -1.49. The molecule has 0 saturated carbocycles. The highest BCUT2D eigenvalue weighted by Gasteiger charge is 2.35. The minimum absolute atomic E-state index is 0.412. The van der Waals surface area contributed by atoms with E-state index in [0.29, 0.717) is 11.4 Å². The zero-order valence-electron chi connectivity index (χ0n) is 11.3. The van der Waals surface area contributed by atoms with Crippen LogP contribution in [0.5, 0.6) is 0 Å². The highest BCUT2D eigenvalue weighted by atomic mass is 79.9. The minimum atomic E-state index is -1.16. The van der Waals surface area contributed by atoms with E-state index in [-0.39, 0.29) is 0 Å². The van der Waals surface area contributed by atoms with Gasteiger partial charge in [0.2, 0.25) is 0 Å². The van der Waals surface area contributed by atoms with Gasteiger partial charge < -0.3 is 5.11 Å². The predicted octanol–water partition coefficient (Wildman–Crippen LogP) is 4.87. The maximum Gasteiger partial charge on any atom is 0.145 e. The van der Waals surface area contributed by atoms with Crippen molar-refractivity contribution in [2.75, 3.05) is 0 Å². The van der Waals surface area contributed by atoms with Gasteiger partial charge in [0.25, 0.3) is 0 Å². The van der Waals surface area contributed by atoms with Crippen LogP contribution in [0.3, 0.4) is 0 Å². The molecule has 2 aromatic carbocycles. The summed E-state index contributed by atoms with van der Waals surface area (Å²) < 4.78 is 1.94. The highest BCUT2D eigenvalue weighted by molar-refractivity contribution is 9.10. The van der Waals surface area contributed by atoms with Gasteiger partial charge >= 0.3 is 0 Å². The van der Waals surface area contributed by atoms with E-state index < -0.39 is 5.60 Å². The van der Waals surface area contributed by atoms with Gasteiger partial charge in [0.15, 0.2) is 0 Å². The van der Waals surface area contributed by atoms with Gasteiger partial charge in [-0.15, -0.1) is 17.9 Å². The van der Waals surface area contributed by atoms with E-state index in [0.717, 1.165) is 20.3 Å². The zero-order chi connectivity index (χ0) is 14.9. The molecule has 3 aromatic rings. The lowest BCUT2D eigenvalue weighted by atomic mass is 9.91. The zero-order valence-corrected chi connectivity index (χ0v) is 13.7. The van der Waals surface area contributed by atoms with Crippen LogP contribution in [0, 0.1) is 0 Å². The van der Waals surface area contributed by atoms with E-state index in [1.165, 1.54) is 11.3 Å². The van der Waals surface area contributed by atoms with Gasteiger partial charge in [-0.2, -0.15) is 0 Å². The lowest BCUT2D eigenvalue weighted by molar-refractivity contribution is 0.0833. The van der Waals surface area contributed by atoms with Crippen molar-refractivity contribution in [3.63, 3.8) is 0 Å². The van der Waals surface area contributed by atoms with Crippen LogP contribution in [0.1, 0.15) is 17.0 Å². The summed E-state index contributed by atoms with van der Waals surface area (Å²) >= 11 is 5.04. The quantitative estimate of drug-likeness (QED) is 0.674. The summed E-state index contributed by atoms with van der Waals surface area (Å²) in [5.74, 6) is 0. The third-order valence-corrected chi connectivity index (χ3v) is 5.29. The summed E-state index contributed by atoms with van der Waals surface area (Å²) in [6.45, 7) is 3.78. The van der Waals surface area contributed by atoms with Crippen LogP contribution in [0.4, 0.5) is 0 Å². The van der Waals surface area contributed by atoms with Crippen LogP contribution in [-0.2, 0) is 5.60 Å². The van der Waals surface area contributed by atoms with Gasteiger partial charge in [-0.3, -0.25) is 0 Å². The first-order chi connectivity index (χ1) is 10.1. The van der Waals surface area contributed by atoms with E-state index in [9.17, 15) is 5.11 Å². The molecule has 0 fully saturated rings. The normalized spacial score (nSPS) is 14.0. The molecular weight excluding hydrogens is 346 g/mol. The van der Waals surface area contributed by atoms with Crippen LogP contribution in [0.25, 0.3) is 10.2 Å². The van der Waals surface area contributed by atoms with Crippen molar-refractivity contribution in [3.8, 4) is 0 Å². The lowest BCUT2D eigenvalue weighted by Gasteiger charge is -2.26. The SMILES string of the molecule is C=CCC(O)(c1nc2ccccc2s1)c1ccccc1Br. The standard InChI is InChI=1S/C17H14BrNOS/c1-2-11-17(20,12-7-3-4-8-13(12)18)16-19-14-9-5-6-10-15(14)21-16/h2-10,20H,1,11H2. The summed E-state index contributed by atoms with van der Waals surface area (Å²) in [5, 5.41) is 12.0. The second kappa shape index (κ2) is 5.72. The van der Waals surface area contributed by atoms with Crippen molar-refractivity contribution in [2.45, 2.75) is 12.0 Å². The van der Waals surface area contributed by atoms with E-state index in [4.69, 9.17) is 0 Å². The molecule has 2 nitrogen and oxygen atoms in total. The van der Waals surface area contributed by atoms with Crippen molar-refractivity contribution in [1.29, 1.82) is 0 Å². The van der Waals surface area contributed by atoms with E-state index in [1.807, 2.05) is 48.5 Å². The first kappa shape index (κ1) is 14.4. The molecule has 0 aliphatic rings. The molecule has 1 atom stereocenters. The van der Waals surface area contributed by atoms with Crippen molar-refractivity contribution < 1.29 is 5.11 Å². The molecule has 106 valence electrons. The maximum absolute atomic E-state index is 11.3. The van der Waals surface area contributed by atoms with Crippen molar-refractivity contribution in [3.05, 3.63) is 76.2 Å². The predicted molar refractivity (Wildman–Crippen MR) is 91.6 cm³/mol. The molecule has 0 bridgehead atoms. The molecule has 21 heavy (non-hydrogen) atoms. The second-order valence-electron chi connectivity index (χ2n) is 4.82. The van der Waals surface area contributed by atoms with Gasteiger partial charge in [0.05, 0.1) is 10.2 Å². The smallest absolute Gasteiger partial charge is 0.145 e. The average molecular weight is 360 g/mol. The Kier molecular flexibility index (Phi) is 3.93. The molecule has 0 aliphatic heterocycles. The minimum Gasteiger partial charge on any atom is -0.378 e.